The van der Waals surface area contributed by atoms with E-state index in [-0.39, 0.29) is 5.91 Å². The molecule has 0 spiro atoms. The van der Waals surface area contributed by atoms with Crippen LogP contribution in [0, 0.1) is 6.92 Å². The molecular formula is C22H25N3O. The molecule has 2 aromatic carbocycles. The monoisotopic (exact) mass is 347 g/mol. The maximum atomic E-state index is 13.4. The SMILES string of the molecule is Cc1nc2ccccc2n1CC(=O)N(c1ccccc1)C1CCCCC1. The van der Waals surface area contributed by atoms with Crippen molar-refractivity contribution in [2.75, 3.05) is 4.90 Å². The van der Waals surface area contributed by atoms with Crippen LogP contribution in [0.25, 0.3) is 11.0 Å². The minimum Gasteiger partial charge on any atom is -0.319 e. The number of rotatable bonds is 4. The Hall–Kier alpha value is -2.62. The first-order chi connectivity index (χ1) is 12.7. The third-order valence-corrected chi connectivity index (χ3v) is 5.38. The van der Waals surface area contributed by atoms with Gasteiger partial charge in [0.1, 0.15) is 12.4 Å². The molecule has 0 saturated heterocycles. The highest BCUT2D eigenvalue weighted by Gasteiger charge is 2.27. The molecule has 1 amide bonds. The molecule has 1 saturated carbocycles. The van der Waals surface area contributed by atoms with Gasteiger partial charge < -0.3 is 9.47 Å². The average Bonchev–Trinajstić information content (AvgIpc) is 2.99. The Morgan fingerprint density at radius 3 is 2.50 bits per heavy atom. The number of amides is 1. The van der Waals surface area contributed by atoms with Gasteiger partial charge in [-0.2, -0.15) is 0 Å². The lowest BCUT2D eigenvalue weighted by Crippen LogP contribution is -2.43. The Labute approximate surface area is 154 Å². The zero-order valence-electron chi connectivity index (χ0n) is 15.3. The highest BCUT2D eigenvalue weighted by molar-refractivity contribution is 5.94. The summed E-state index contributed by atoms with van der Waals surface area (Å²) in [5, 5.41) is 0. The van der Waals surface area contributed by atoms with Crippen LogP contribution < -0.4 is 4.90 Å². The molecule has 0 bridgehead atoms. The first-order valence-corrected chi connectivity index (χ1v) is 9.53. The van der Waals surface area contributed by atoms with Crippen LogP contribution in [0.5, 0.6) is 0 Å². The number of aromatic nitrogens is 2. The van der Waals surface area contributed by atoms with E-state index in [0.29, 0.717) is 12.6 Å². The first kappa shape index (κ1) is 16.8. The number of anilines is 1. The molecule has 4 rings (SSSR count). The van der Waals surface area contributed by atoms with Crippen molar-refractivity contribution in [3.05, 3.63) is 60.4 Å². The number of imidazole rings is 1. The number of fused-ring (bicyclic) bond motifs is 1. The van der Waals surface area contributed by atoms with Crippen molar-refractivity contribution in [3.8, 4) is 0 Å². The lowest BCUT2D eigenvalue weighted by Gasteiger charge is -2.34. The second-order valence-corrected chi connectivity index (χ2v) is 7.13. The van der Waals surface area contributed by atoms with Gasteiger partial charge in [-0.05, 0) is 44.0 Å². The van der Waals surface area contributed by atoms with Crippen molar-refractivity contribution < 1.29 is 4.79 Å². The highest BCUT2D eigenvalue weighted by Crippen LogP contribution is 2.28. The molecule has 1 fully saturated rings. The Balaban J connectivity index is 1.67. The van der Waals surface area contributed by atoms with E-state index in [2.05, 4.69) is 4.98 Å². The number of hydrogen-bond donors (Lipinski definition) is 0. The molecule has 0 N–H and O–H groups in total. The molecule has 4 nitrogen and oxygen atoms in total. The van der Waals surface area contributed by atoms with Crippen LogP contribution in [-0.4, -0.2) is 21.5 Å². The zero-order valence-corrected chi connectivity index (χ0v) is 15.3. The quantitative estimate of drug-likeness (QED) is 0.685. The molecule has 1 aliphatic carbocycles. The van der Waals surface area contributed by atoms with Crippen LogP contribution in [0.4, 0.5) is 5.69 Å². The minimum atomic E-state index is 0.148. The molecule has 134 valence electrons. The lowest BCUT2D eigenvalue weighted by atomic mass is 9.93. The number of carbonyl (C=O) groups excluding carboxylic acids is 1. The van der Waals surface area contributed by atoms with E-state index in [1.807, 2.05) is 71.0 Å². The van der Waals surface area contributed by atoms with Gasteiger partial charge in [-0.3, -0.25) is 4.79 Å². The van der Waals surface area contributed by atoms with Gasteiger partial charge in [0, 0.05) is 11.7 Å². The zero-order chi connectivity index (χ0) is 17.9. The second-order valence-electron chi connectivity index (χ2n) is 7.13. The van der Waals surface area contributed by atoms with Gasteiger partial charge in [-0.25, -0.2) is 4.98 Å². The molecule has 4 heteroatoms. The summed E-state index contributed by atoms with van der Waals surface area (Å²) in [7, 11) is 0. The van der Waals surface area contributed by atoms with E-state index in [1.54, 1.807) is 0 Å². The number of aryl methyl sites for hydroxylation is 1. The Morgan fingerprint density at radius 2 is 1.73 bits per heavy atom. The predicted octanol–water partition coefficient (Wildman–Crippen LogP) is 4.71. The van der Waals surface area contributed by atoms with Crippen LogP contribution in [0.3, 0.4) is 0 Å². The van der Waals surface area contributed by atoms with Gasteiger partial charge in [0.25, 0.3) is 0 Å². The molecule has 1 heterocycles. The molecule has 26 heavy (non-hydrogen) atoms. The molecule has 0 unspecified atom stereocenters. The van der Waals surface area contributed by atoms with Crippen LogP contribution in [-0.2, 0) is 11.3 Å². The number of hydrogen-bond acceptors (Lipinski definition) is 2. The van der Waals surface area contributed by atoms with Gasteiger partial charge in [-0.15, -0.1) is 0 Å². The highest BCUT2D eigenvalue weighted by atomic mass is 16.2. The van der Waals surface area contributed by atoms with Crippen molar-refractivity contribution in [2.45, 2.75) is 51.6 Å². The summed E-state index contributed by atoms with van der Waals surface area (Å²) in [6, 6.07) is 18.4. The van der Waals surface area contributed by atoms with Gasteiger partial charge in [0.15, 0.2) is 0 Å². The fourth-order valence-corrected chi connectivity index (χ4v) is 4.09. The summed E-state index contributed by atoms with van der Waals surface area (Å²) < 4.78 is 2.04. The van der Waals surface area contributed by atoms with Gasteiger partial charge in [-0.1, -0.05) is 49.6 Å². The summed E-state index contributed by atoms with van der Waals surface area (Å²) in [5.74, 6) is 1.03. The van der Waals surface area contributed by atoms with Gasteiger partial charge in [0.05, 0.1) is 11.0 Å². The summed E-state index contributed by atoms with van der Waals surface area (Å²) in [6.45, 7) is 2.30. The van der Waals surface area contributed by atoms with E-state index in [9.17, 15) is 4.79 Å². The third-order valence-electron chi connectivity index (χ3n) is 5.38. The largest absolute Gasteiger partial charge is 0.319 e. The Bertz CT molecular complexity index is 894. The number of carbonyl (C=O) groups is 1. The summed E-state index contributed by atoms with van der Waals surface area (Å²) in [5.41, 5.74) is 2.98. The second kappa shape index (κ2) is 7.32. The number of para-hydroxylation sites is 3. The predicted molar refractivity (Wildman–Crippen MR) is 105 cm³/mol. The average molecular weight is 347 g/mol. The van der Waals surface area contributed by atoms with Crippen LogP contribution >= 0.6 is 0 Å². The first-order valence-electron chi connectivity index (χ1n) is 9.53. The normalized spacial score (nSPS) is 15.3. The number of nitrogens with zero attached hydrogens (tertiary/aromatic N) is 3. The van der Waals surface area contributed by atoms with Gasteiger partial charge in [0.2, 0.25) is 5.91 Å². The Kier molecular flexibility index (Phi) is 4.74. The molecule has 0 radical (unpaired) electrons. The van der Waals surface area contributed by atoms with Crippen molar-refractivity contribution in [1.82, 2.24) is 9.55 Å². The van der Waals surface area contributed by atoms with E-state index < -0.39 is 0 Å². The smallest absolute Gasteiger partial charge is 0.247 e. The summed E-state index contributed by atoms with van der Waals surface area (Å²) in [6.07, 6.45) is 5.86. The maximum Gasteiger partial charge on any atom is 0.247 e. The van der Waals surface area contributed by atoms with Crippen molar-refractivity contribution >= 4 is 22.6 Å². The molecule has 0 aliphatic heterocycles. The van der Waals surface area contributed by atoms with E-state index in [4.69, 9.17) is 0 Å². The topological polar surface area (TPSA) is 38.1 Å². The summed E-state index contributed by atoms with van der Waals surface area (Å²) in [4.78, 5) is 20.0. The Morgan fingerprint density at radius 1 is 1.04 bits per heavy atom. The molecular weight excluding hydrogens is 322 g/mol. The minimum absolute atomic E-state index is 0.148. The van der Waals surface area contributed by atoms with Crippen molar-refractivity contribution in [1.29, 1.82) is 0 Å². The maximum absolute atomic E-state index is 13.4. The van der Waals surface area contributed by atoms with Crippen LogP contribution in [0.2, 0.25) is 0 Å². The van der Waals surface area contributed by atoms with E-state index in [1.165, 1.54) is 19.3 Å². The van der Waals surface area contributed by atoms with Crippen LogP contribution in [0.15, 0.2) is 54.6 Å². The fraction of sp³-hybridized carbons (Fsp3) is 0.364. The van der Waals surface area contributed by atoms with Gasteiger partial charge >= 0.3 is 0 Å². The standard InChI is InChI=1S/C22H25N3O/c1-17-23-20-14-8-9-15-21(20)24(17)16-22(26)25(18-10-4-2-5-11-18)19-12-6-3-7-13-19/h2,4-5,8-11,14-15,19H,3,6-7,12-13,16H2,1H3. The van der Waals surface area contributed by atoms with E-state index in [0.717, 1.165) is 35.4 Å². The van der Waals surface area contributed by atoms with E-state index >= 15 is 0 Å². The molecule has 0 atom stereocenters. The fourth-order valence-electron chi connectivity index (χ4n) is 4.09. The molecule has 1 aromatic heterocycles. The lowest BCUT2D eigenvalue weighted by molar-refractivity contribution is -0.119. The van der Waals surface area contributed by atoms with Crippen molar-refractivity contribution in [2.24, 2.45) is 0 Å². The molecule has 1 aliphatic rings. The van der Waals surface area contributed by atoms with Crippen molar-refractivity contribution in [3.63, 3.8) is 0 Å². The van der Waals surface area contributed by atoms with Crippen LogP contribution in [0.1, 0.15) is 37.9 Å². The summed E-state index contributed by atoms with van der Waals surface area (Å²) >= 11 is 0. The third kappa shape index (κ3) is 3.24. The number of benzene rings is 2. The molecule has 3 aromatic rings.